The summed E-state index contributed by atoms with van der Waals surface area (Å²) in [7, 11) is 0. The van der Waals surface area contributed by atoms with Crippen molar-refractivity contribution in [1.29, 1.82) is 0 Å². The Morgan fingerprint density at radius 3 is 2.50 bits per heavy atom. The molecule has 2 aliphatic heterocycles. The number of fused-ring (bicyclic) bond motifs is 4. The average molecular weight is 499 g/mol. The Labute approximate surface area is 209 Å². The summed E-state index contributed by atoms with van der Waals surface area (Å²) < 4.78 is 9.04. The van der Waals surface area contributed by atoms with Crippen molar-refractivity contribution >= 4 is 50.1 Å². The second-order valence-electron chi connectivity index (χ2n) is 9.29. The van der Waals surface area contributed by atoms with E-state index in [1.807, 2.05) is 30.5 Å². The lowest BCUT2D eigenvalue weighted by atomic mass is 10.1. The fourth-order valence-corrected chi connectivity index (χ4v) is 6.30. The highest BCUT2D eigenvalue weighted by Gasteiger charge is 2.35. The number of aromatic nitrogens is 3. The van der Waals surface area contributed by atoms with Crippen molar-refractivity contribution in [1.82, 2.24) is 14.1 Å². The summed E-state index contributed by atoms with van der Waals surface area (Å²) in [5, 5.41) is 1.03. The maximum atomic E-state index is 13.3. The Bertz CT molecular complexity index is 1760. The van der Waals surface area contributed by atoms with Crippen LogP contribution in [0.4, 0.5) is 11.5 Å². The molecule has 36 heavy (non-hydrogen) atoms. The lowest BCUT2D eigenvalue weighted by Crippen LogP contribution is -2.55. The van der Waals surface area contributed by atoms with Gasteiger partial charge in [0.1, 0.15) is 15.8 Å². The maximum absolute atomic E-state index is 13.3. The second-order valence-corrected chi connectivity index (χ2v) is 10.3. The molecule has 1 saturated heterocycles. The molecule has 2 aliphatic rings. The molecule has 9 nitrogen and oxygen atoms in total. The number of nitrogens with two attached hydrogens (primary N) is 2. The molecule has 0 aliphatic carbocycles. The van der Waals surface area contributed by atoms with Gasteiger partial charge in [-0.05, 0) is 49.4 Å². The van der Waals surface area contributed by atoms with Crippen LogP contribution in [-0.2, 0) is 4.74 Å². The van der Waals surface area contributed by atoms with Crippen LogP contribution in [0.5, 0.6) is 0 Å². The van der Waals surface area contributed by atoms with Gasteiger partial charge in [-0.1, -0.05) is 6.07 Å². The van der Waals surface area contributed by atoms with Gasteiger partial charge in [0.25, 0.3) is 5.56 Å². The highest BCUT2D eigenvalue weighted by atomic mass is 32.1. The molecule has 1 unspecified atom stereocenters. The van der Waals surface area contributed by atoms with E-state index in [-0.39, 0.29) is 11.9 Å². The highest BCUT2D eigenvalue weighted by Crippen LogP contribution is 2.42. The molecule has 180 valence electrons. The predicted molar refractivity (Wildman–Crippen MR) is 140 cm³/mol. The Morgan fingerprint density at radius 2 is 1.75 bits per heavy atom. The minimum absolute atomic E-state index is 0.111. The number of carbonyl (C=O) groups excluding carboxylic acids is 1. The van der Waals surface area contributed by atoms with Crippen molar-refractivity contribution in [2.45, 2.75) is 19.1 Å². The van der Waals surface area contributed by atoms with Crippen LogP contribution in [-0.4, -0.2) is 39.2 Å². The molecule has 4 N–H and O–H groups in total. The van der Waals surface area contributed by atoms with Gasteiger partial charge in [-0.3, -0.25) is 9.36 Å². The van der Waals surface area contributed by atoms with Crippen molar-refractivity contribution in [2.75, 3.05) is 23.7 Å². The van der Waals surface area contributed by atoms with E-state index in [1.54, 1.807) is 11.5 Å². The van der Waals surface area contributed by atoms with Gasteiger partial charge >= 0.3 is 5.97 Å². The van der Waals surface area contributed by atoms with E-state index < -0.39 is 17.6 Å². The summed E-state index contributed by atoms with van der Waals surface area (Å²) in [6.45, 7) is 3.54. The maximum Gasteiger partial charge on any atom is 0.349 e. The van der Waals surface area contributed by atoms with Crippen LogP contribution < -0.4 is 21.9 Å². The summed E-state index contributed by atoms with van der Waals surface area (Å²) in [6, 6.07) is 16.5. The molecular formula is C26H22N6O3S. The van der Waals surface area contributed by atoms with E-state index in [1.165, 1.54) is 11.3 Å². The standard InChI is InChI=1S/C26H22N6O3S/c1-13-20-21-24(36-22(20)26(34)35-13)29-23(28)25(33)32(21)18-3-2-14-8-9-31(19(14)10-18)17-6-4-16(5-7-17)30-11-15(27)12-30/h2-10,13,15H,11-12,27H2,1H3,(H2,28,29). The Morgan fingerprint density at radius 1 is 1.03 bits per heavy atom. The number of nitrogens with zero attached hydrogens (tertiary/aromatic N) is 4. The number of carbonyl (C=O) groups is 1. The first-order valence-corrected chi connectivity index (χ1v) is 12.5. The molecule has 3 aromatic heterocycles. The first-order chi connectivity index (χ1) is 17.4. The fraction of sp³-hybridized carbons (Fsp3) is 0.192. The number of ether oxygens (including phenoxy) is 1. The van der Waals surface area contributed by atoms with Gasteiger partial charge in [-0.25, -0.2) is 9.78 Å². The average Bonchev–Trinajstić information content (AvgIpc) is 3.51. The summed E-state index contributed by atoms with van der Waals surface area (Å²) in [5.41, 5.74) is 16.5. The fourth-order valence-electron chi connectivity index (χ4n) is 5.16. The van der Waals surface area contributed by atoms with Crippen molar-refractivity contribution in [3.63, 3.8) is 0 Å². The zero-order chi connectivity index (χ0) is 24.7. The number of esters is 1. The number of hydrogen-bond donors (Lipinski definition) is 2. The summed E-state index contributed by atoms with van der Waals surface area (Å²) in [6.07, 6.45) is 1.54. The monoisotopic (exact) mass is 498 g/mol. The zero-order valence-electron chi connectivity index (χ0n) is 19.3. The van der Waals surface area contributed by atoms with Gasteiger partial charge in [0.05, 0.1) is 16.7 Å². The van der Waals surface area contributed by atoms with Gasteiger partial charge in [0.15, 0.2) is 5.82 Å². The SMILES string of the molecule is CC1OC(=O)c2sc3nc(N)c(=O)n(-c4ccc5ccn(-c6ccc(N7CC(N)C7)cc6)c5c4)c3c21. The number of anilines is 2. The third-order valence-corrected chi connectivity index (χ3v) is 8.05. The smallest absolute Gasteiger partial charge is 0.349 e. The van der Waals surface area contributed by atoms with E-state index in [4.69, 9.17) is 16.2 Å². The number of benzene rings is 2. The van der Waals surface area contributed by atoms with Crippen molar-refractivity contribution in [3.8, 4) is 11.4 Å². The Kier molecular flexibility index (Phi) is 4.36. The summed E-state index contributed by atoms with van der Waals surface area (Å²) in [4.78, 5) is 33.2. The number of nitrogen functional groups attached to an aromatic ring is 1. The molecule has 7 rings (SSSR count). The van der Waals surface area contributed by atoms with E-state index in [0.29, 0.717) is 26.5 Å². The molecule has 0 amide bonds. The molecular weight excluding hydrogens is 476 g/mol. The Hall–Kier alpha value is -4.15. The van der Waals surface area contributed by atoms with E-state index in [9.17, 15) is 9.59 Å². The van der Waals surface area contributed by atoms with Gasteiger partial charge < -0.3 is 25.7 Å². The second kappa shape index (κ2) is 7.42. The largest absolute Gasteiger partial charge is 0.453 e. The first-order valence-electron chi connectivity index (χ1n) is 11.7. The van der Waals surface area contributed by atoms with Gasteiger partial charge in [0.2, 0.25) is 0 Å². The topological polar surface area (TPSA) is 121 Å². The minimum atomic E-state index is -0.468. The molecule has 5 aromatic rings. The lowest BCUT2D eigenvalue weighted by Gasteiger charge is -2.38. The number of thiophene rings is 1. The van der Waals surface area contributed by atoms with Crippen molar-refractivity contribution in [2.24, 2.45) is 5.73 Å². The normalized spacial score (nSPS) is 17.6. The van der Waals surface area contributed by atoms with Gasteiger partial charge in [0, 0.05) is 47.7 Å². The van der Waals surface area contributed by atoms with Gasteiger partial charge in [-0.15, -0.1) is 11.3 Å². The highest BCUT2D eigenvalue weighted by molar-refractivity contribution is 7.20. The summed E-state index contributed by atoms with van der Waals surface area (Å²) >= 11 is 1.20. The van der Waals surface area contributed by atoms with Crippen LogP contribution in [0.3, 0.4) is 0 Å². The third-order valence-electron chi connectivity index (χ3n) is 6.98. The molecule has 5 heterocycles. The van der Waals surface area contributed by atoms with Crippen LogP contribution in [0.25, 0.3) is 32.6 Å². The predicted octanol–water partition coefficient (Wildman–Crippen LogP) is 3.35. The molecule has 2 aromatic carbocycles. The molecule has 0 bridgehead atoms. The van der Waals surface area contributed by atoms with Crippen LogP contribution in [0, 0.1) is 0 Å². The van der Waals surface area contributed by atoms with Crippen LogP contribution in [0.1, 0.15) is 28.3 Å². The van der Waals surface area contributed by atoms with Crippen LogP contribution in [0.2, 0.25) is 0 Å². The van der Waals surface area contributed by atoms with Crippen LogP contribution >= 0.6 is 11.3 Å². The van der Waals surface area contributed by atoms with Crippen LogP contribution in [0.15, 0.2) is 59.5 Å². The van der Waals surface area contributed by atoms with Crippen molar-refractivity contribution in [3.05, 3.63) is 75.5 Å². The zero-order valence-corrected chi connectivity index (χ0v) is 20.2. The molecule has 0 spiro atoms. The van der Waals surface area contributed by atoms with Crippen molar-refractivity contribution < 1.29 is 9.53 Å². The molecule has 1 atom stereocenters. The van der Waals surface area contributed by atoms with E-state index in [2.05, 4.69) is 38.7 Å². The van der Waals surface area contributed by atoms with E-state index >= 15 is 0 Å². The number of hydrogen-bond acceptors (Lipinski definition) is 8. The minimum Gasteiger partial charge on any atom is -0.453 e. The lowest BCUT2D eigenvalue weighted by molar-refractivity contribution is 0.0425. The third kappa shape index (κ3) is 2.94. The quantitative estimate of drug-likeness (QED) is 0.366. The van der Waals surface area contributed by atoms with E-state index in [0.717, 1.165) is 35.4 Å². The Balaban J connectivity index is 1.39. The molecule has 0 saturated carbocycles. The van der Waals surface area contributed by atoms with Gasteiger partial charge in [-0.2, -0.15) is 0 Å². The molecule has 0 radical (unpaired) electrons. The summed E-state index contributed by atoms with van der Waals surface area (Å²) in [5.74, 6) is -0.508. The number of cyclic esters (lactones) is 1. The molecule has 1 fully saturated rings. The molecule has 10 heteroatoms. The first kappa shape index (κ1) is 21.2. The number of rotatable bonds is 3.